The molecule has 0 aromatic rings. The molecule has 0 unspecified atom stereocenters. The zero-order chi connectivity index (χ0) is 10.4. The van der Waals surface area contributed by atoms with Crippen LogP contribution < -0.4 is 0 Å². The van der Waals surface area contributed by atoms with Gasteiger partial charge in [0.15, 0.2) is 0 Å². The first-order valence-corrected chi connectivity index (χ1v) is 5.11. The Labute approximate surface area is 114 Å². The summed E-state index contributed by atoms with van der Waals surface area (Å²) < 4.78 is 4.43. The predicted molar refractivity (Wildman–Crippen MR) is 56.1 cm³/mol. The average Bonchev–Trinajstić information content (AvgIpc) is 2.20. The van der Waals surface area contributed by atoms with Gasteiger partial charge in [0.1, 0.15) is 0 Å². The molecule has 0 aromatic carbocycles. The van der Waals surface area contributed by atoms with Gasteiger partial charge in [0.2, 0.25) is 0 Å². The first-order chi connectivity index (χ1) is 6.41. The van der Waals surface area contributed by atoms with E-state index < -0.39 is 0 Å². The third-order valence-electron chi connectivity index (χ3n) is 1.66. The predicted octanol–water partition coefficient (Wildman–Crippen LogP) is 3.27. The van der Waals surface area contributed by atoms with Gasteiger partial charge in [0.25, 0.3) is 0 Å². The molecule has 0 rings (SSSR count). The summed E-state index contributed by atoms with van der Waals surface area (Å²) in [6, 6.07) is 0. The third-order valence-corrected chi connectivity index (χ3v) is 1.66. The molecule has 0 spiro atoms. The minimum Gasteiger partial charge on any atom is -0.653 e. The van der Waals surface area contributed by atoms with Crippen molar-refractivity contribution in [3.05, 3.63) is 6.92 Å². The van der Waals surface area contributed by atoms with Crippen LogP contribution >= 0.6 is 0 Å². The molecule has 0 saturated carbocycles. The van der Waals surface area contributed by atoms with Crippen LogP contribution in [0.15, 0.2) is 0 Å². The van der Waals surface area contributed by atoms with Crippen molar-refractivity contribution in [3.8, 4) is 0 Å². The number of hydrogen-bond donors (Lipinski definition) is 0. The Morgan fingerprint density at radius 2 is 1.57 bits per heavy atom. The van der Waals surface area contributed by atoms with Gasteiger partial charge in [-0.25, -0.2) is 0 Å². The summed E-state index contributed by atoms with van der Waals surface area (Å²) in [4.78, 5) is 9.59. The van der Waals surface area contributed by atoms with E-state index in [1.807, 2.05) is 0 Å². The summed E-state index contributed by atoms with van der Waals surface area (Å²) in [5, 5.41) is 0. The fourth-order valence-electron chi connectivity index (χ4n) is 0.996. The molecule has 1 radical (unpaired) electrons. The maximum Gasteiger partial charge on any atom is 0.0480 e. The van der Waals surface area contributed by atoms with Gasteiger partial charge >= 0.3 is 0 Å². The molecule has 83 valence electrons. The van der Waals surface area contributed by atoms with Gasteiger partial charge in [-0.05, 0) is 6.42 Å². The van der Waals surface area contributed by atoms with Gasteiger partial charge < -0.3 is 16.5 Å². The van der Waals surface area contributed by atoms with Crippen molar-refractivity contribution in [3.63, 3.8) is 0 Å². The second kappa shape index (κ2) is 23.4. The summed E-state index contributed by atoms with van der Waals surface area (Å²) in [5.41, 5.74) is 0. The summed E-state index contributed by atoms with van der Waals surface area (Å²) in [6.45, 7) is 9.16. The zero-order valence-electron chi connectivity index (χ0n) is 9.55. The molecular weight excluding hydrogens is 253 g/mol. The Bertz CT molecular complexity index is 87.4. The average molecular weight is 275 g/mol. The van der Waals surface area contributed by atoms with Crippen LogP contribution in [0.5, 0.6) is 0 Å². The summed E-state index contributed by atoms with van der Waals surface area (Å²) in [7, 11) is 0. The molecule has 0 amide bonds. The van der Waals surface area contributed by atoms with Crippen molar-refractivity contribution in [1.82, 2.24) is 0 Å². The summed E-state index contributed by atoms with van der Waals surface area (Å²) in [6.07, 6.45) is 7.32. The van der Waals surface area contributed by atoms with E-state index in [9.17, 15) is 4.79 Å². The van der Waals surface area contributed by atoms with Crippen LogP contribution in [0.3, 0.4) is 0 Å². The Kier molecular flexibility index (Phi) is 33.5. The quantitative estimate of drug-likeness (QED) is 0.502. The van der Waals surface area contributed by atoms with Crippen molar-refractivity contribution < 1.29 is 42.2 Å². The van der Waals surface area contributed by atoms with E-state index in [2.05, 4.69) is 18.6 Å². The van der Waals surface area contributed by atoms with E-state index in [0.29, 0.717) is 6.61 Å². The van der Waals surface area contributed by atoms with Crippen LogP contribution in [0.2, 0.25) is 0 Å². The molecule has 0 aromatic heterocycles. The molecule has 0 N–H and O–H groups in total. The molecule has 0 bridgehead atoms. The van der Waals surface area contributed by atoms with Crippen LogP contribution in [0.1, 0.15) is 52.4 Å². The van der Waals surface area contributed by atoms with Gasteiger partial charge in [-0.1, -0.05) is 45.5 Å². The number of ether oxygens (including phenoxy) is 1. The number of hydrogen-bond acceptors (Lipinski definition) is 2. The Morgan fingerprint density at radius 1 is 1.07 bits per heavy atom. The van der Waals surface area contributed by atoms with Crippen molar-refractivity contribution in [2.45, 2.75) is 52.4 Å². The molecule has 14 heavy (non-hydrogen) atoms. The number of unbranched alkanes of at least 4 members (excludes halogenated alkanes) is 5. The van der Waals surface area contributed by atoms with Crippen LogP contribution in [0.25, 0.3) is 0 Å². The van der Waals surface area contributed by atoms with E-state index in [1.165, 1.54) is 38.6 Å². The molecular formula is C11H22O2Y-2. The topological polar surface area (TPSA) is 26.3 Å². The first kappa shape index (κ1) is 20.0. The van der Waals surface area contributed by atoms with Crippen molar-refractivity contribution in [1.29, 1.82) is 0 Å². The molecule has 3 heteroatoms. The minimum absolute atomic E-state index is 0. The molecule has 0 heterocycles. The molecule has 0 saturated heterocycles. The molecule has 0 atom stereocenters. The summed E-state index contributed by atoms with van der Waals surface area (Å²) >= 11 is 0. The fourth-order valence-corrected chi connectivity index (χ4v) is 0.996. The zero-order valence-corrected chi connectivity index (χ0v) is 12.4. The van der Waals surface area contributed by atoms with Crippen LogP contribution in [-0.2, 0) is 42.2 Å². The molecule has 0 fully saturated rings. The second-order valence-corrected chi connectivity index (χ2v) is 2.70. The monoisotopic (exact) mass is 275 g/mol. The third kappa shape index (κ3) is 22.9. The first-order valence-electron chi connectivity index (χ1n) is 5.11. The fraction of sp³-hybridized carbons (Fsp3) is 0.818. The standard InChI is InChI=1S/C9H17O2.C2H5.Y/c1-2-3-4-5-6-7-8-11-9-10;1-2;/h2-8H2,1H3;1H2,2H3;/q2*-1;. The SMILES string of the molecule is CCCCCCCCO[C-]=O.[CH2-]C.[Y]. The summed E-state index contributed by atoms with van der Waals surface area (Å²) in [5.74, 6) is 0. The maximum absolute atomic E-state index is 9.59. The van der Waals surface area contributed by atoms with Gasteiger partial charge in [0, 0.05) is 39.3 Å². The number of rotatable bonds is 8. The van der Waals surface area contributed by atoms with Crippen LogP contribution in [-0.4, -0.2) is 13.1 Å². The normalized spacial score (nSPS) is 7.93. The number of carbonyl (C=O) groups excluding carboxylic acids is 1. The Hall–Kier alpha value is 0.574. The van der Waals surface area contributed by atoms with Crippen molar-refractivity contribution in [2.24, 2.45) is 0 Å². The van der Waals surface area contributed by atoms with Gasteiger partial charge in [0.05, 0.1) is 0 Å². The molecule has 0 aliphatic rings. The van der Waals surface area contributed by atoms with Crippen LogP contribution in [0.4, 0.5) is 0 Å². The Morgan fingerprint density at radius 3 is 2.07 bits per heavy atom. The van der Waals surface area contributed by atoms with E-state index in [4.69, 9.17) is 0 Å². The largest absolute Gasteiger partial charge is 0.653 e. The molecule has 0 aliphatic heterocycles. The van der Waals surface area contributed by atoms with Crippen LogP contribution in [0, 0.1) is 6.92 Å². The van der Waals surface area contributed by atoms with Gasteiger partial charge in [-0.15, -0.1) is 0 Å². The Balaban J connectivity index is -0.000000376. The van der Waals surface area contributed by atoms with E-state index >= 15 is 0 Å². The van der Waals surface area contributed by atoms with E-state index in [1.54, 1.807) is 6.92 Å². The molecule has 2 nitrogen and oxygen atoms in total. The second-order valence-electron chi connectivity index (χ2n) is 2.70. The van der Waals surface area contributed by atoms with Crippen molar-refractivity contribution in [2.75, 3.05) is 6.61 Å². The van der Waals surface area contributed by atoms with Gasteiger partial charge in [-0.3, -0.25) is 0 Å². The van der Waals surface area contributed by atoms with E-state index in [-0.39, 0.29) is 32.7 Å². The van der Waals surface area contributed by atoms with Crippen molar-refractivity contribution >= 4 is 6.47 Å². The smallest absolute Gasteiger partial charge is 0.0480 e. The van der Waals surface area contributed by atoms with Gasteiger partial charge in [-0.2, -0.15) is 6.92 Å². The van der Waals surface area contributed by atoms with E-state index in [0.717, 1.165) is 6.42 Å². The minimum atomic E-state index is 0. The maximum atomic E-state index is 9.59. The molecule has 0 aliphatic carbocycles.